The lowest BCUT2D eigenvalue weighted by Gasteiger charge is -2.10. The second-order valence-electron chi connectivity index (χ2n) is 6.76. The van der Waals surface area contributed by atoms with Crippen LogP contribution in [0.3, 0.4) is 0 Å². The summed E-state index contributed by atoms with van der Waals surface area (Å²) in [6.45, 7) is 3.87. The summed E-state index contributed by atoms with van der Waals surface area (Å²) in [4.78, 5) is 43.4. The van der Waals surface area contributed by atoms with Gasteiger partial charge in [-0.1, -0.05) is 6.92 Å². The molecule has 0 saturated carbocycles. The van der Waals surface area contributed by atoms with Gasteiger partial charge in [0, 0.05) is 18.4 Å². The van der Waals surface area contributed by atoms with E-state index in [9.17, 15) is 18.8 Å². The molecular weight excluding hydrogens is 407 g/mol. The number of aromatic amines is 1. The number of amides is 1. The number of carbonyl (C=O) groups is 1. The monoisotopic (exact) mass is 424 g/mol. The van der Waals surface area contributed by atoms with Gasteiger partial charge in [0.15, 0.2) is 5.82 Å². The van der Waals surface area contributed by atoms with Gasteiger partial charge in [-0.25, -0.2) is 14.2 Å². The van der Waals surface area contributed by atoms with Gasteiger partial charge in [-0.2, -0.15) is 4.68 Å². The molecule has 3 heterocycles. The molecule has 0 spiro atoms. The van der Waals surface area contributed by atoms with Crippen LogP contribution in [0.4, 0.5) is 10.1 Å². The Hall–Kier alpha value is -4.22. The van der Waals surface area contributed by atoms with Crippen molar-refractivity contribution in [3.05, 3.63) is 68.5 Å². The largest absolute Gasteiger partial charge is 0.329 e. The maximum Gasteiger partial charge on any atom is 0.329 e. The topological polar surface area (TPSA) is 140 Å². The van der Waals surface area contributed by atoms with Crippen LogP contribution in [0.5, 0.6) is 0 Å². The molecule has 3 aromatic heterocycles. The second kappa shape index (κ2) is 7.89. The van der Waals surface area contributed by atoms with E-state index in [2.05, 4.69) is 30.8 Å². The quantitative estimate of drug-likeness (QED) is 0.490. The fourth-order valence-electron chi connectivity index (χ4n) is 3.13. The molecule has 0 saturated heterocycles. The van der Waals surface area contributed by atoms with Gasteiger partial charge < -0.3 is 5.32 Å². The zero-order valence-corrected chi connectivity index (χ0v) is 16.6. The number of anilines is 1. The number of hydrogen-bond acceptors (Lipinski definition) is 7. The minimum atomic E-state index is -0.632. The van der Waals surface area contributed by atoms with E-state index in [0.29, 0.717) is 24.5 Å². The van der Waals surface area contributed by atoms with E-state index >= 15 is 0 Å². The van der Waals surface area contributed by atoms with Crippen LogP contribution in [-0.4, -0.2) is 40.6 Å². The third-order valence-corrected chi connectivity index (χ3v) is 4.60. The molecule has 4 rings (SSSR count). The first-order valence-corrected chi connectivity index (χ1v) is 9.38. The van der Waals surface area contributed by atoms with Gasteiger partial charge in [0.25, 0.3) is 11.5 Å². The van der Waals surface area contributed by atoms with Crippen LogP contribution in [0.1, 0.15) is 29.5 Å². The summed E-state index contributed by atoms with van der Waals surface area (Å²) in [7, 11) is 0. The van der Waals surface area contributed by atoms with E-state index in [1.54, 1.807) is 6.92 Å². The van der Waals surface area contributed by atoms with Gasteiger partial charge in [-0.15, -0.1) is 5.10 Å². The van der Waals surface area contributed by atoms with Crippen molar-refractivity contribution in [1.82, 2.24) is 34.7 Å². The maximum atomic E-state index is 14.2. The summed E-state index contributed by atoms with van der Waals surface area (Å²) in [6.07, 6.45) is 1.94. The van der Waals surface area contributed by atoms with Crippen molar-refractivity contribution < 1.29 is 9.18 Å². The number of tetrazole rings is 1. The predicted molar refractivity (Wildman–Crippen MR) is 109 cm³/mol. The van der Waals surface area contributed by atoms with E-state index in [1.807, 2.05) is 6.92 Å². The molecule has 158 valence electrons. The fraction of sp³-hybridized carbons (Fsp3) is 0.211. The third kappa shape index (κ3) is 3.70. The number of aromatic nitrogens is 7. The number of hydrogen-bond donors (Lipinski definition) is 2. The van der Waals surface area contributed by atoms with Crippen LogP contribution < -0.4 is 16.6 Å². The number of halogens is 1. The lowest BCUT2D eigenvalue weighted by atomic mass is 10.2. The van der Waals surface area contributed by atoms with E-state index in [1.165, 1.54) is 39.7 Å². The SMILES string of the molecule is CCCn1c(=O)[nH]c(=O)c2cc(C(=O)Nc3ccc(F)c(-n4nnnc4C)c3)cnc21. The number of nitrogens with zero attached hydrogens (tertiary/aromatic N) is 6. The van der Waals surface area contributed by atoms with E-state index in [-0.39, 0.29) is 22.3 Å². The van der Waals surface area contributed by atoms with Gasteiger partial charge in [0.05, 0.1) is 10.9 Å². The second-order valence-corrected chi connectivity index (χ2v) is 6.76. The van der Waals surface area contributed by atoms with Gasteiger partial charge in [-0.3, -0.25) is 19.1 Å². The van der Waals surface area contributed by atoms with E-state index in [0.717, 1.165) is 0 Å². The Bertz CT molecular complexity index is 1420. The molecule has 4 aromatic rings. The van der Waals surface area contributed by atoms with Crippen LogP contribution in [0, 0.1) is 12.7 Å². The number of rotatable bonds is 5. The highest BCUT2D eigenvalue weighted by Gasteiger charge is 2.15. The molecule has 0 aliphatic carbocycles. The first-order chi connectivity index (χ1) is 14.9. The van der Waals surface area contributed by atoms with Crippen molar-refractivity contribution in [3.8, 4) is 5.69 Å². The maximum absolute atomic E-state index is 14.2. The molecule has 12 heteroatoms. The molecule has 0 radical (unpaired) electrons. The average molecular weight is 424 g/mol. The molecule has 0 aliphatic rings. The standard InChI is InChI=1S/C19H17FN8O3/c1-3-6-27-16-13(18(30)23-19(27)31)7-11(9-21-16)17(29)22-12-4-5-14(20)15(8-12)28-10(2)24-25-26-28/h4-5,7-9H,3,6H2,1-2H3,(H,22,29)(H,23,30,31). The summed E-state index contributed by atoms with van der Waals surface area (Å²) in [6, 6.07) is 5.31. The fourth-order valence-corrected chi connectivity index (χ4v) is 3.13. The average Bonchev–Trinajstić information content (AvgIpc) is 3.17. The van der Waals surface area contributed by atoms with Crippen molar-refractivity contribution in [1.29, 1.82) is 0 Å². The number of carbonyl (C=O) groups excluding carboxylic acids is 1. The number of pyridine rings is 1. The number of benzene rings is 1. The molecule has 0 unspecified atom stereocenters. The Labute approximate surface area is 173 Å². The van der Waals surface area contributed by atoms with Crippen molar-refractivity contribution in [2.75, 3.05) is 5.32 Å². The lowest BCUT2D eigenvalue weighted by molar-refractivity contribution is 0.102. The first kappa shape index (κ1) is 20.1. The predicted octanol–water partition coefficient (Wildman–Crippen LogP) is 1.17. The van der Waals surface area contributed by atoms with Crippen LogP contribution in [0.15, 0.2) is 40.1 Å². The van der Waals surface area contributed by atoms with Crippen LogP contribution >= 0.6 is 0 Å². The highest BCUT2D eigenvalue weighted by molar-refractivity contribution is 6.05. The zero-order chi connectivity index (χ0) is 22.1. The summed E-state index contributed by atoms with van der Waals surface area (Å²) >= 11 is 0. The number of H-pyrrole nitrogens is 1. The molecule has 0 fully saturated rings. The molecule has 0 atom stereocenters. The van der Waals surface area contributed by atoms with Crippen molar-refractivity contribution in [3.63, 3.8) is 0 Å². The van der Waals surface area contributed by atoms with E-state index < -0.39 is 23.0 Å². The Balaban J connectivity index is 1.69. The van der Waals surface area contributed by atoms with Gasteiger partial charge >= 0.3 is 5.69 Å². The van der Waals surface area contributed by atoms with Gasteiger partial charge in [0.1, 0.15) is 17.2 Å². The minimum absolute atomic E-state index is 0.0666. The molecule has 1 aromatic carbocycles. The molecule has 1 amide bonds. The van der Waals surface area contributed by atoms with Crippen molar-refractivity contribution >= 4 is 22.6 Å². The minimum Gasteiger partial charge on any atom is -0.322 e. The first-order valence-electron chi connectivity index (χ1n) is 9.38. The molecule has 2 N–H and O–H groups in total. The molecule has 0 aliphatic heterocycles. The summed E-state index contributed by atoms with van der Waals surface area (Å²) < 4.78 is 16.8. The highest BCUT2D eigenvalue weighted by Crippen LogP contribution is 2.20. The molecule has 31 heavy (non-hydrogen) atoms. The van der Waals surface area contributed by atoms with Crippen molar-refractivity contribution in [2.24, 2.45) is 0 Å². The smallest absolute Gasteiger partial charge is 0.322 e. The number of nitrogens with one attached hydrogen (secondary N) is 2. The summed E-state index contributed by atoms with van der Waals surface area (Å²) in [5, 5.41) is 13.7. The molecule has 11 nitrogen and oxygen atoms in total. The summed E-state index contributed by atoms with van der Waals surface area (Å²) in [5.74, 6) is -0.757. The van der Waals surface area contributed by atoms with Gasteiger partial charge in [-0.05, 0) is 48.0 Å². The Morgan fingerprint density at radius 2 is 2.06 bits per heavy atom. The van der Waals surface area contributed by atoms with E-state index in [4.69, 9.17) is 0 Å². The number of aryl methyl sites for hydroxylation is 2. The van der Waals surface area contributed by atoms with Crippen LogP contribution in [-0.2, 0) is 6.54 Å². The Morgan fingerprint density at radius 3 is 2.77 bits per heavy atom. The lowest BCUT2D eigenvalue weighted by Crippen LogP contribution is -2.31. The van der Waals surface area contributed by atoms with Gasteiger partial charge in [0.2, 0.25) is 0 Å². The Kier molecular flexibility index (Phi) is 5.11. The molecular formula is C19H17FN8O3. The highest BCUT2D eigenvalue weighted by atomic mass is 19.1. The Morgan fingerprint density at radius 1 is 1.26 bits per heavy atom. The van der Waals surface area contributed by atoms with Crippen LogP contribution in [0.25, 0.3) is 16.7 Å². The summed E-state index contributed by atoms with van der Waals surface area (Å²) in [5.41, 5.74) is -0.527. The molecule has 0 bridgehead atoms. The van der Waals surface area contributed by atoms with Crippen molar-refractivity contribution in [2.45, 2.75) is 26.8 Å². The van der Waals surface area contributed by atoms with Crippen LogP contribution in [0.2, 0.25) is 0 Å². The third-order valence-electron chi connectivity index (χ3n) is 4.60. The normalized spacial score (nSPS) is 11.1. The number of fused-ring (bicyclic) bond motifs is 1. The zero-order valence-electron chi connectivity index (χ0n) is 16.6.